The molecule has 0 saturated heterocycles. The fourth-order valence-corrected chi connectivity index (χ4v) is 8.88. The van der Waals surface area contributed by atoms with Gasteiger partial charge in [-0.05, 0) is 25.7 Å². The number of carbonyl (C=O) groups is 2. The molecule has 0 aromatic rings. The van der Waals surface area contributed by atoms with Crippen LogP contribution in [0.1, 0.15) is 316 Å². The number of hydrogen-bond donors (Lipinski definition) is 3. The zero-order valence-corrected chi connectivity index (χ0v) is 41.4. The summed E-state index contributed by atoms with van der Waals surface area (Å²) in [6.07, 6.45) is 58.1. The molecule has 0 aliphatic heterocycles. The Bertz CT molecular complexity index is 867. The number of unbranched alkanes of at least 4 members (excludes halogenated alkanes) is 41. The third-order valence-corrected chi connectivity index (χ3v) is 13.2. The van der Waals surface area contributed by atoms with Crippen LogP contribution in [0.4, 0.5) is 0 Å². The summed E-state index contributed by atoms with van der Waals surface area (Å²) in [6.45, 7) is 4.95. The van der Waals surface area contributed by atoms with Crippen molar-refractivity contribution in [3.8, 4) is 0 Å². The first kappa shape index (κ1) is 59.9. The second kappa shape index (κ2) is 51.5. The quantitative estimate of drug-likeness (QED) is 0.0418. The summed E-state index contributed by atoms with van der Waals surface area (Å²) in [4.78, 5) is 24.4. The summed E-state index contributed by atoms with van der Waals surface area (Å²) in [6, 6.07) is -0.539. The molecule has 0 heterocycles. The minimum Gasteiger partial charge on any atom is -0.466 e. The first-order valence-electron chi connectivity index (χ1n) is 27.8. The summed E-state index contributed by atoms with van der Waals surface area (Å²) in [7, 11) is 0. The van der Waals surface area contributed by atoms with Crippen LogP contribution in [-0.4, -0.2) is 47.4 Å². The molecule has 0 rings (SSSR count). The van der Waals surface area contributed by atoms with E-state index in [1.165, 1.54) is 244 Å². The van der Waals surface area contributed by atoms with E-state index in [2.05, 4.69) is 19.2 Å². The highest BCUT2D eigenvalue weighted by atomic mass is 16.5. The van der Waals surface area contributed by atoms with E-state index in [0.717, 1.165) is 38.5 Å². The number of aliphatic hydroxyl groups is 2. The topological polar surface area (TPSA) is 95.9 Å². The Morgan fingerprint density at radius 3 is 1.00 bits per heavy atom. The number of esters is 1. The average molecular weight is 864 g/mol. The molecule has 0 aliphatic rings. The molecule has 6 heteroatoms. The molecule has 0 aromatic carbocycles. The maximum absolute atomic E-state index is 12.4. The maximum Gasteiger partial charge on any atom is 0.305 e. The van der Waals surface area contributed by atoms with E-state index in [1.807, 2.05) is 0 Å². The van der Waals surface area contributed by atoms with E-state index in [-0.39, 0.29) is 18.5 Å². The summed E-state index contributed by atoms with van der Waals surface area (Å²) in [5.74, 6) is -0.0237. The van der Waals surface area contributed by atoms with Crippen LogP contribution >= 0.6 is 0 Å². The number of nitrogens with one attached hydrogen (secondary N) is 1. The molecule has 0 aromatic heterocycles. The first-order valence-corrected chi connectivity index (χ1v) is 27.8. The van der Waals surface area contributed by atoms with Crippen molar-refractivity contribution in [2.75, 3.05) is 13.2 Å². The Balaban J connectivity index is 3.35. The van der Waals surface area contributed by atoms with Crippen molar-refractivity contribution in [1.82, 2.24) is 5.32 Å². The van der Waals surface area contributed by atoms with Gasteiger partial charge in [-0.1, -0.05) is 277 Å². The van der Waals surface area contributed by atoms with Gasteiger partial charge in [0.25, 0.3) is 0 Å². The van der Waals surface area contributed by atoms with Gasteiger partial charge in [-0.15, -0.1) is 0 Å². The van der Waals surface area contributed by atoms with Gasteiger partial charge >= 0.3 is 5.97 Å². The second-order valence-electron chi connectivity index (χ2n) is 19.3. The van der Waals surface area contributed by atoms with Gasteiger partial charge in [-0.3, -0.25) is 9.59 Å². The number of aliphatic hydroxyl groups excluding tert-OH is 2. The van der Waals surface area contributed by atoms with E-state index < -0.39 is 12.1 Å². The molecule has 6 nitrogen and oxygen atoms in total. The predicted molar refractivity (Wildman–Crippen MR) is 264 cm³/mol. The number of carbonyl (C=O) groups excluding carboxylic acids is 2. The third-order valence-electron chi connectivity index (χ3n) is 13.2. The standard InChI is InChI=1S/C55H109NO5/c1-3-5-7-9-11-13-15-16-26-29-33-37-41-45-49-55(60)61-50-46-42-38-34-30-27-24-22-20-18-17-19-21-23-25-28-32-36-40-44-48-54(59)56-52(51-57)53(58)47-43-39-35-31-14-12-10-8-6-4-2/h52-53,57-58H,3-51H2,1-2H3,(H,56,59). The number of amides is 1. The second-order valence-corrected chi connectivity index (χ2v) is 19.3. The van der Waals surface area contributed by atoms with Crippen molar-refractivity contribution >= 4 is 11.9 Å². The lowest BCUT2D eigenvalue weighted by atomic mass is 10.0. The van der Waals surface area contributed by atoms with Gasteiger partial charge in [-0.2, -0.15) is 0 Å². The smallest absolute Gasteiger partial charge is 0.305 e. The molecule has 2 atom stereocenters. The Morgan fingerprint density at radius 2 is 0.672 bits per heavy atom. The molecule has 0 fully saturated rings. The highest BCUT2D eigenvalue weighted by Gasteiger charge is 2.20. The van der Waals surface area contributed by atoms with Crippen molar-refractivity contribution in [3.63, 3.8) is 0 Å². The van der Waals surface area contributed by atoms with Gasteiger partial charge in [0.1, 0.15) is 0 Å². The van der Waals surface area contributed by atoms with Crippen LogP contribution in [0.2, 0.25) is 0 Å². The van der Waals surface area contributed by atoms with Crippen LogP contribution in [0.25, 0.3) is 0 Å². The third kappa shape index (κ3) is 48.2. The van der Waals surface area contributed by atoms with Gasteiger partial charge in [0.2, 0.25) is 5.91 Å². The molecular formula is C55H109NO5. The molecule has 0 spiro atoms. The van der Waals surface area contributed by atoms with Gasteiger partial charge < -0.3 is 20.3 Å². The van der Waals surface area contributed by atoms with Gasteiger partial charge in [0.15, 0.2) is 0 Å². The van der Waals surface area contributed by atoms with E-state index >= 15 is 0 Å². The predicted octanol–water partition coefficient (Wildman–Crippen LogP) is 16.7. The van der Waals surface area contributed by atoms with Gasteiger partial charge in [-0.25, -0.2) is 0 Å². The van der Waals surface area contributed by atoms with Crippen LogP contribution in [0.5, 0.6) is 0 Å². The highest BCUT2D eigenvalue weighted by Crippen LogP contribution is 2.18. The molecular weight excluding hydrogens is 755 g/mol. The van der Waals surface area contributed by atoms with Crippen molar-refractivity contribution < 1.29 is 24.5 Å². The molecule has 0 saturated carbocycles. The monoisotopic (exact) mass is 864 g/mol. The normalized spacial score (nSPS) is 12.5. The highest BCUT2D eigenvalue weighted by molar-refractivity contribution is 5.76. The fourth-order valence-electron chi connectivity index (χ4n) is 8.88. The molecule has 3 N–H and O–H groups in total. The van der Waals surface area contributed by atoms with E-state index in [4.69, 9.17) is 4.74 Å². The Hall–Kier alpha value is -1.14. The average Bonchev–Trinajstić information content (AvgIpc) is 3.26. The lowest BCUT2D eigenvalue weighted by Crippen LogP contribution is -2.45. The molecule has 2 unspecified atom stereocenters. The van der Waals surface area contributed by atoms with Crippen molar-refractivity contribution in [3.05, 3.63) is 0 Å². The first-order chi connectivity index (χ1) is 30.0. The van der Waals surface area contributed by atoms with Crippen LogP contribution in [0.15, 0.2) is 0 Å². The van der Waals surface area contributed by atoms with Crippen molar-refractivity contribution in [1.29, 1.82) is 0 Å². The van der Waals surface area contributed by atoms with Crippen LogP contribution < -0.4 is 5.32 Å². The zero-order valence-electron chi connectivity index (χ0n) is 41.4. The van der Waals surface area contributed by atoms with E-state index in [0.29, 0.717) is 25.9 Å². The molecule has 61 heavy (non-hydrogen) atoms. The minimum atomic E-state index is -0.662. The number of ether oxygens (including phenoxy) is 1. The molecule has 0 aliphatic carbocycles. The van der Waals surface area contributed by atoms with Crippen LogP contribution in [0, 0.1) is 0 Å². The number of hydrogen-bond acceptors (Lipinski definition) is 5. The molecule has 1 amide bonds. The van der Waals surface area contributed by atoms with E-state index in [9.17, 15) is 19.8 Å². The van der Waals surface area contributed by atoms with Crippen molar-refractivity contribution in [2.45, 2.75) is 328 Å². The summed E-state index contributed by atoms with van der Waals surface area (Å²) in [5.41, 5.74) is 0. The van der Waals surface area contributed by atoms with Crippen LogP contribution in [0.3, 0.4) is 0 Å². The molecule has 364 valence electrons. The fraction of sp³-hybridized carbons (Fsp3) is 0.964. The minimum absolute atomic E-state index is 0.0133. The number of rotatable bonds is 52. The van der Waals surface area contributed by atoms with Gasteiger partial charge in [0, 0.05) is 12.8 Å². The van der Waals surface area contributed by atoms with Crippen LogP contribution in [-0.2, 0) is 14.3 Å². The summed E-state index contributed by atoms with van der Waals surface area (Å²) in [5, 5.41) is 23.1. The Morgan fingerprint density at radius 1 is 0.393 bits per heavy atom. The molecule has 0 bridgehead atoms. The maximum atomic E-state index is 12.4. The largest absolute Gasteiger partial charge is 0.466 e. The molecule has 0 radical (unpaired) electrons. The van der Waals surface area contributed by atoms with Crippen molar-refractivity contribution in [2.24, 2.45) is 0 Å². The lowest BCUT2D eigenvalue weighted by Gasteiger charge is -2.22. The van der Waals surface area contributed by atoms with Gasteiger partial charge in [0.05, 0.1) is 25.4 Å². The summed E-state index contributed by atoms with van der Waals surface area (Å²) >= 11 is 0. The lowest BCUT2D eigenvalue weighted by molar-refractivity contribution is -0.143. The van der Waals surface area contributed by atoms with E-state index in [1.54, 1.807) is 0 Å². The zero-order chi connectivity index (χ0) is 44.4. The Kier molecular flexibility index (Phi) is 50.5. The SMILES string of the molecule is CCCCCCCCCCCCCCCCC(=O)OCCCCCCCCCCCCCCCCCCCCCCC(=O)NC(CO)C(O)CCCCCCCCCCCC. The summed E-state index contributed by atoms with van der Waals surface area (Å²) < 4.78 is 5.48. The Labute approximate surface area is 381 Å².